The van der Waals surface area contributed by atoms with E-state index in [1.54, 1.807) is 12.1 Å². The molecule has 23 heavy (non-hydrogen) atoms. The molecule has 0 saturated heterocycles. The fourth-order valence-electron chi connectivity index (χ4n) is 2.03. The summed E-state index contributed by atoms with van der Waals surface area (Å²) in [5.74, 6) is -1.13. The molecule has 1 amide bonds. The summed E-state index contributed by atoms with van der Waals surface area (Å²) in [4.78, 5) is 13.6. The fourth-order valence-corrected chi connectivity index (χ4v) is 2.39. The van der Waals surface area contributed by atoms with Gasteiger partial charge in [-0.25, -0.2) is 4.39 Å². The lowest BCUT2D eigenvalue weighted by Crippen LogP contribution is -2.27. The lowest BCUT2D eigenvalue weighted by Gasteiger charge is -2.18. The number of alkyl halides is 2. The van der Waals surface area contributed by atoms with Crippen molar-refractivity contribution in [3.05, 3.63) is 63.9 Å². The van der Waals surface area contributed by atoms with Gasteiger partial charge in [0.2, 0.25) is 0 Å². The van der Waals surface area contributed by atoms with Crippen LogP contribution in [-0.4, -0.2) is 24.5 Å². The van der Waals surface area contributed by atoms with E-state index in [0.717, 1.165) is 0 Å². The van der Waals surface area contributed by atoms with E-state index in [-0.39, 0.29) is 17.9 Å². The molecule has 0 aromatic heterocycles. The number of benzene rings is 2. The molecule has 2 aromatic rings. The predicted octanol–water partition coefficient (Wildman–Crippen LogP) is 4.46. The molecular formula is C16H13BrF3NO2. The molecule has 0 unspecified atom stereocenters. The van der Waals surface area contributed by atoms with Crippen molar-refractivity contribution in [2.75, 3.05) is 7.05 Å². The molecule has 0 radical (unpaired) electrons. The van der Waals surface area contributed by atoms with Gasteiger partial charge in [0.25, 0.3) is 5.91 Å². The highest BCUT2D eigenvalue weighted by molar-refractivity contribution is 9.10. The van der Waals surface area contributed by atoms with Crippen molar-refractivity contribution in [2.24, 2.45) is 0 Å². The number of carbonyl (C=O) groups excluding carboxylic acids is 1. The van der Waals surface area contributed by atoms with Gasteiger partial charge < -0.3 is 9.64 Å². The first-order valence-corrected chi connectivity index (χ1v) is 7.40. The van der Waals surface area contributed by atoms with Gasteiger partial charge in [0.15, 0.2) is 0 Å². The Labute approximate surface area is 139 Å². The SMILES string of the molecule is CN(Cc1cccc(OC(F)F)c1)C(=O)c1cc(Br)ccc1F. The first kappa shape index (κ1) is 17.3. The van der Waals surface area contributed by atoms with Gasteiger partial charge in [-0.05, 0) is 35.9 Å². The zero-order valence-electron chi connectivity index (χ0n) is 12.1. The topological polar surface area (TPSA) is 29.5 Å². The second-order valence-electron chi connectivity index (χ2n) is 4.81. The summed E-state index contributed by atoms with van der Waals surface area (Å²) < 4.78 is 43.1. The third-order valence-corrected chi connectivity index (χ3v) is 3.54. The number of ether oxygens (including phenoxy) is 1. The Morgan fingerprint density at radius 3 is 2.70 bits per heavy atom. The highest BCUT2D eigenvalue weighted by Crippen LogP contribution is 2.20. The van der Waals surface area contributed by atoms with Gasteiger partial charge in [-0.2, -0.15) is 8.78 Å². The third kappa shape index (κ3) is 4.72. The van der Waals surface area contributed by atoms with Crippen molar-refractivity contribution in [1.29, 1.82) is 0 Å². The molecule has 0 fully saturated rings. The number of carbonyl (C=O) groups is 1. The van der Waals surface area contributed by atoms with Crippen molar-refractivity contribution in [1.82, 2.24) is 4.90 Å². The second kappa shape index (κ2) is 7.50. The van der Waals surface area contributed by atoms with Gasteiger partial charge in [0.05, 0.1) is 5.56 Å². The third-order valence-electron chi connectivity index (χ3n) is 3.05. The van der Waals surface area contributed by atoms with Gasteiger partial charge in [-0.1, -0.05) is 28.1 Å². The number of hydrogen-bond acceptors (Lipinski definition) is 2. The number of amides is 1. The Balaban J connectivity index is 2.13. The second-order valence-corrected chi connectivity index (χ2v) is 5.73. The molecule has 3 nitrogen and oxygen atoms in total. The van der Waals surface area contributed by atoms with E-state index in [4.69, 9.17) is 0 Å². The van der Waals surface area contributed by atoms with E-state index in [1.807, 2.05) is 0 Å². The highest BCUT2D eigenvalue weighted by Gasteiger charge is 2.17. The number of hydrogen-bond donors (Lipinski definition) is 0. The Morgan fingerprint density at radius 1 is 1.26 bits per heavy atom. The molecule has 0 N–H and O–H groups in total. The Kier molecular flexibility index (Phi) is 5.65. The Morgan fingerprint density at radius 2 is 2.00 bits per heavy atom. The molecule has 0 saturated carbocycles. The van der Waals surface area contributed by atoms with E-state index >= 15 is 0 Å². The summed E-state index contributed by atoms with van der Waals surface area (Å²) >= 11 is 3.19. The maximum atomic E-state index is 13.8. The van der Waals surface area contributed by atoms with Crippen LogP contribution in [0.2, 0.25) is 0 Å². The summed E-state index contributed by atoms with van der Waals surface area (Å²) in [6, 6.07) is 10.1. The summed E-state index contributed by atoms with van der Waals surface area (Å²) in [6.45, 7) is -2.79. The smallest absolute Gasteiger partial charge is 0.387 e. The zero-order chi connectivity index (χ0) is 17.0. The largest absolute Gasteiger partial charge is 0.435 e. The van der Waals surface area contributed by atoms with Crippen LogP contribution in [0.5, 0.6) is 5.75 Å². The average Bonchev–Trinajstić information content (AvgIpc) is 2.48. The van der Waals surface area contributed by atoms with E-state index in [9.17, 15) is 18.0 Å². The van der Waals surface area contributed by atoms with Crippen LogP contribution in [0.25, 0.3) is 0 Å². The van der Waals surface area contributed by atoms with Crippen molar-refractivity contribution in [3.63, 3.8) is 0 Å². The van der Waals surface area contributed by atoms with Crippen LogP contribution in [0, 0.1) is 5.82 Å². The molecule has 0 heterocycles. The molecule has 0 aliphatic heterocycles. The summed E-state index contributed by atoms with van der Waals surface area (Å²) in [5, 5.41) is 0. The molecule has 122 valence electrons. The molecular weight excluding hydrogens is 375 g/mol. The van der Waals surface area contributed by atoms with Crippen LogP contribution in [-0.2, 0) is 6.54 Å². The maximum Gasteiger partial charge on any atom is 0.387 e. The molecule has 0 atom stereocenters. The Hall–Kier alpha value is -2.02. The summed E-state index contributed by atoms with van der Waals surface area (Å²) in [5.41, 5.74) is 0.524. The van der Waals surface area contributed by atoms with E-state index in [0.29, 0.717) is 10.0 Å². The minimum atomic E-state index is -2.92. The number of halogens is 4. The molecule has 0 aliphatic rings. The molecule has 0 spiro atoms. The van der Waals surface area contributed by atoms with E-state index < -0.39 is 18.3 Å². The summed E-state index contributed by atoms with van der Waals surface area (Å²) in [7, 11) is 1.50. The van der Waals surface area contributed by atoms with Crippen molar-refractivity contribution >= 4 is 21.8 Å². The van der Waals surface area contributed by atoms with E-state index in [1.165, 1.54) is 42.3 Å². The van der Waals surface area contributed by atoms with E-state index in [2.05, 4.69) is 20.7 Å². The van der Waals surface area contributed by atoms with Crippen LogP contribution < -0.4 is 4.74 Å². The van der Waals surface area contributed by atoms with Crippen molar-refractivity contribution < 1.29 is 22.7 Å². The molecule has 2 rings (SSSR count). The van der Waals surface area contributed by atoms with Gasteiger partial charge in [-0.15, -0.1) is 0 Å². The summed E-state index contributed by atoms with van der Waals surface area (Å²) in [6.07, 6.45) is 0. The quantitative estimate of drug-likeness (QED) is 0.757. The lowest BCUT2D eigenvalue weighted by atomic mass is 10.1. The minimum Gasteiger partial charge on any atom is -0.435 e. The van der Waals surface area contributed by atoms with Gasteiger partial charge in [0.1, 0.15) is 11.6 Å². The standard InChI is InChI=1S/C16H13BrF3NO2/c1-21(15(22)13-8-11(17)5-6-14(13)18)9-10-3-2-4-12(7-10)23-16(19)20/h2-8,16H,9H2,1H3. The molecule has 0 aliphatic carbocycles. The molecule has 2 aromatic carbocycles. The number of rotatable bonds is 5. The maximum absolute atomic E-state index is 13.8. The van der Waals surface area contributed by atoms with Crippen LogP contribution in [0.4, 0.5) is 13.2 Å². The van der Waals surface area contributed by atoms with Crippen LogP contribution >= 0.6 is 15.9 Å². The highest BCUT2D eigenvalue weighted by atomic mass is 79.9. The van der Waals surface area contributed by atoms with Crippen molar-refractivity contribution in [2.45, 2.75) is 13.2 Å². The van der Waals surface area contributed by atoms with Crippen LogP contribution in [0.15, 0.2) is 46.9 Å². The fraction of sp³-hybridized carbons (Fsp3) is 0.188. The van der Waals surface area contributed by atoms with Gasteiger partial charge in [0, 0.05) is 18.1 Å². The molecule has 7 heteroatoms. The first-order chi connectivity index (χ1) is 10.9. The normalized spacial score (nSPS) is 10.7. The van der Waals surface area contributed by atoms with Gasteiger partial charge in [-0.3, -0.25) is 4.79 Å². The minimum absolute atomic E-state index is 0.00647. The Bertz CT molecular complexity index is 709. The van der Waals surface area contributed by atoms with Crippen molar-refractivity contribution in [3.8, 4) is 5.75 Å². The van der Waals surface area contributed by atoms with Crippen LogP contribution in [0.3, 0.4) is 0 Å². The molecule has 0 bridgehead atoms. The predicted molar refractivity (Wildman–Crippen MR) is 83.0 cm³/mol. The van der Waals surface area contributed by atoms with Crippen LogP contribution in [0.1, 0.15) is 15.9 Å². The zero-order valence-corrected chi connectivity index (χ0v) is 13.7. The lowest BCUT2D eigenvalue weighted by molar-refractivity contribution is -0.0499. The first-order valence-electron chi connectivity index (χ1n) is 6.61. The van der Waals surface area contributed by atoms with Gasteiger partial charge >= 0.3 is 6.61 Å². The number of nitrogens with zero attached hydrogens (tertiary/aromatic N) is 1. The monoisotopic (exact) mass is 387 g/mol. The average molecular weight is 388 g/mol.